The Morgan fingerprint density at radius 1 is 1.32 bits per heavy atom. The van der Waals surface area contributed by atoms with Crippen LogP contribution in [0.1, 0.15) is 15.9 Å². The quantitative estimate of drug-likeness (QED) is 0.516. The Hall–Kier alpha value is -2.60. The highest BCUT2D eigenvalue weighted by Gasteiger charge is 2.14. The lowest BCUT2D eigenvalue weighted by Crippen LogP contribution is -2.05. The van der Waals surface area contributed by atoms with E-state index in [4.69, 9.17) is 11.6 Å². The number of methoxy groups -OCH3 is 1. The van der Waals surface area contributed by atoms with Gasteiger partial charge in [0, 0.05) is 17.6 Å². The molecule has 0 aliphatic carbocycles. The number of nitro groups is 1. The Kier molecular flexibility index (Phi) is 4.95. The maximum atomic E-state index is 11.5. The summed E-state index contributed by atoms with van der Waals surface area (Å²) >= 11 is 5.77. The molecule has 0 amide bonds. The molecule has 114 valence electrons. The maximum absolute atomic E-state index is 11.5. The van der Waals surface area contributed by atoms with Gasteiger partial charge < -0.3 is 10.1 Å². The minimum absolute atomic E-state index is 0.100. The van der Waals surface area contributed by atoms with Gasteiger partial charge in [0.05, 0.1) is 17.6 Å². The van der Waals surface area contributed by atoms with E-state index in [2.05, 4.69) is 10.1 Å². The molecule has 6 nitrogen and oxygen atoms in total. The molecule has 0 aliphatic rings. The molecule has 0 fully saturated rings. The van der Waals surface area contributed by atoms with Crippen molar-refractivity contribution in [1.82, 2.24) is 0 Å². The number of rotatable bonds is 5. The van der Waals surface area contributed by atoms with Crippen LogP contribution in [0.15, 0.2) is 42.5 Å². The number of ether oxygens (including phenoxy) is 1. The van der Waals surface area contributed by atoms with Gasteiger partial charge in [0.2, 0.25) is 0 Å². The molecule has 0 aliphatic heterocycles. The zero-order valence-electron chi connectivity index (χ0n) is 11.7. The zero-order chi connectivity index (χ0) is 16.1. The molecule has 0 unspecified atom stereocenters. The summed E-state index contributed by atoms with van der Waals surface area (Å²) in [4.78, 5) is 22.0. The van der Waals surface area contributed by atoms with Gasteiger partial charge in [-0.2, -0.15) is 0 Å². The highest BCUT2D eigenvalue weighted by atomic mass is 35.5. The van der Waals surface area contributed by atoms with E-state index in [1.165, 1.54) is 13.2 Å². The Bertz CT molecular complexity index is 718. The van der Waals surface area contributed by atoms with Crippen molar-refractivity contribution in [2.24, 2.45) is 0 Å². The van der Waals surface area contributed by atoms with Crippen molar-refractivity contribution >= 4 is 28.9 Å². The number of hydrogen-bond donors (Lipinski definition) is 1. The molecule has 0 saturated carbocycles. The number of esters is 1. The monoisotopic (exact) mass is 320 g/mol. The van der Waals surface area contributed by atoms with Gasteiger partial charge in [-0.15, -0.1) is 0 Å². The Balaban J connectivity index is 2.17. The van der Waals surface area contributed by atoms with E-state index in [0.29, 0.717) is 22.8 Å². The minimum Gasteiger partial charge on any atom is -0.465 e. The number of carbonyl (C=O) groups excluding carboxylic acids is 1. The third-order valence-electron chi connectivity index (χ3n) is 2.99. The normalized spacial score (nSPS) is 10.1. The van der Waals surface area contributed by atoms with Crippen LogP contribution in [0.25, 0.3) is 0 Å². The fourth-order valence-corrected chi connectivity index (χ4v) is 2.10. The molecular weight excluding hydrogens is 308 g/mol. The first-order valence-corrected chi connectivity index (χ1v) is 6.74. The van der Waals surface area contributed by atoms with Gasteiger partial charge in [-0.3, -0.25) is 10.1 Å². The van der Waals surface area contributed by atoms with Crippen molar-refractivity contribution in [3.63, 3.8) is 0 Å². The average Bonchev–Trinajstić information content (AvgIpc) is 2.53. The molecule has 7 heteroatoms. The van der Waals surface area contributed by atoms with Crippen LogP contribution in [-0.4, -0.2) is 18.0 Å². The highest BCUT2D eigenvalue weighted by molar-refractivity contribution is 6.30. The second-order valence-electron chi connectivity index (χ2n) is 4.46. The first-order chi connectivity index (χ1) is 10.5. The van der Waals surface area contributed by atoms with Gasteiger partial charge in [-0.25, -0.2) is 4.79 Å². The molecule has 2 aromatic carbocycles. The zero-order valence-corrected chi connectivity index (χ0v) is 12.5. The topological polar surface area (TPSA) is 81.5 Å². The van der Waals surface area contributed by atoms with E-state index in [-0.39, 0.29) is 5.69 Å². The number of nitrogens with zero attached hydrogens (tertiary/aromatic N) is 1. The third-order valence-corrected chi connectivity index (χ3v) is 3.22. The number of halogens is 1. The molecule has 0 atom stereocenters. The van der Waals surface area contributed by atoms with Gasteiger partial charge in [0.15, 0.2) is 0 Å². The van der Waals surface area contributed by atoms with Crippen LogP contribution in [0.2, 0.25) is 5.02 Å². The van der Waals surface area contributed by atoms with Gasteiger partial charge in [-0.05, 0) is 29.8 Å². The van der Waals surface area contributed by atoms with Crippen LogP contribution in [0.3, 0.4) is 0 Å². The van der Waals surface area contributed by atoms with Gasteiger partial charge >= 0.3 is 5.97 Å². The highest BCUT2D eigenvalue weighted by Crippen LogP contribution is 2.28. The molecule has 1 N–H and O–H groups in total. The summed E-state index contributed by atoms with van der Waals surface area (Å²) in [6.45, 7) is 0.327. The Labute approximate surface area is 131 Å². The summed E-state index contributed by atoms with van der Waals surface area (Å²) in [5.41, 5.74) is 1.48. The molecule has 0 heterocycles. The molecule has 2 rings (SSSR count). The van der Waals surface area contributed by atoms with E-state index >= 15 is 0 Å². The SMILES string of the molecule is COC(=O)c1cccc(CNc2ccc(Cl)cc2[N+](=O)[O-])c1. The van der Waals surface area contributed by atoms with Gasteiger partial charge in [0.25, 0.3) is 5.69 Å². The predicted molar refractivity (Wildman–Crippen MR) is 83.2 cm³/mol. The number of hydrogen-bond acceptors (Lipinski definition) is 5. The molecular formula is C15H13ClN2O4. The summed E-state index contributed by atoms with van der Waals surface area (Å²) in [5.74, 6) is -0.431. The second kappa shape index (κ2) is 6.91. The van der Waals surface area contributed by atoms with Crippen LogP contribution in [0.5, 0.6) is 0 Å². The smallest absolute Gasteiger partial charge is 0.337 e. The van der Waals surface area contributed by atoms with Crippen molar-refractivity contribution < 1.29 is 14.5 Å². The number of benzene rings is 2. The number of anilines is 1. The summed E-state index contributed by atoms with van der Waals surface area (Å²) in [6.07, 6.45) is 0. The van der Waals surface area contributed by atoms with E-state index in [0.717, 1.165) is 5.56 Å². The number of carbonyl (C=O) groups is 1. The predicted octanol–water partition coefficient (Wildman–Crippen LogP) is 3.65. The molecule has 0 spiro atoms. The molecule has 0 saturated heterocycles. The van der Waals surface area contributed by atoms with Crippen molar-refractivity contribution in [1.29, 1.82) is 0 Å². The molecule has 0 radical (unpaired) electrons. The first kappa shape index (κ1) is 15.8. The lowest BCUT2D eigenvalue weighted by atomic mass is 10.1. The van der Waals surface area contributed by atoms with Crippen molar-refractivity contribution in [2.45, 2.75) is 6.54 Å². The van der Waals surface area contributed by atoms with Crippen LogP contribution >= 0.6 is 11.6 Å². The molecule has 22 heavy (non-hydrogen) atoms. The van der Waals surface area contributed by atoms with Crippen LogP contribution in [-0.2, 0) is 11.3 Å². The lowest BCUT2D eigenvalue weighted by Gasteiger charge is -2.08. The van der Waals surface area contributed by atoms with E-state index < -0.39 is 10.9 Å². The summed E-state index contributed by atoms with van der Waals surface area (Å²) < 4.78 is 4.65. The van der Waals surface area contributed by atoms with Gasteiger partial charge in [-0.1, -0.05) is 23.7 Å². The first-order valence-electron chi connectivity index (χ1n) is 6.36. The van der Waals surface area contributed by atoms with Crippen molar-refractivity contribution in [3.8, 4) is 0 Å². The molecule has 0 aromatic heterocycles. The Morgan fingerprint density at radius 3 is 2.77 bits per heavy atom. The molecule has 0 bridgehead atoms. The second-order valence-corrected chi connectivity index (χ2v) is 4.90. The third kappa shape index (κ3) is 3.73. The van der Waals surface area contributed by atoms with Crippen LogP contribution < -0.4 is 5.32 Å². The average molecular weight is 321 g/mol. The standard InChI is InChI=1S/C15H13ClN2O4/c1-22-15(19)11-4-2-3-10(7-11)9-17-13-6-5-12(16)8-14(13)18(20)21/h2-8,17H,9H2,1H3. The maximum Gasteiger partial charge on any atom is 0.337 e. The lowest BCUT2D eigenvalue weighted by molar-refractivity contribution is -0.383. The van der Waals surface area contributed by atoms with Crippen LogP contribution in [0.4, 0.5) is 11.4 Å². The fraction of sp³-hybridized carbons (Fsp3) is 0.133. The Morgan fingerprint density at radius 2 is 2.09 bits per heavy atom. The summed E-state index contributed by atoms with van der Waals surface area (Å²) in [5, 5.41) is 14.3. The fourth-order valence-electron chi connectivity index (χ4n) is 1.93. The van der Waals surface area contributed by atoms with E-state index in [1.807, 2.05) is 0 Å². The molecule has 2 aromatic rings. The summed E-state index contributed by atoms with van der Waals surface area (Å²) in [6, 6.07) is 11.2. The van der Waals surface area contributed by atoms with Crippen LogP contribution in [0, 0.1) is 10.1 Å². The minimum atomic E-state index is -0.501. The van der Waals surface area contributed by atoms with Crippen molar-refractivity contribution in [2.75, 3.05) is 12.4 Å². The number of nitro benzene ring substituents is 1. The largest absolute Gasteiger partial charge is 0.465 e. The van der Waals surface area contributed by atoms with Crippen molar-refractivity contribution in [3.05, 3.63) is 68.7 Å². The number of nitrogens with one attached hydrogen (secondary N) is 1. The van der Waals surface area contributed by atoms with E-state index in [9.17, 15) is 14.9 Å². The summed E-state index contributed by atoms with van der Waals surface area (Å²) in [7, 11) is 1.31. The van der Waals surface area contributed by atoms with E-state index in [1.54, 1.807) is 36.4 Å². The van der Waals surface area contributed by atoms with Gasteiger partial charge in [0.1, 0.15) is 5.69 Å².